The summed E-state index contributed by atoms with van der Waals surface area (Å²) in [5.41, 5.74) is 0. The van der Waals surface area contributed by atoms with Gasteiger partial charge in [-0.1, -0.05) is 0 Å². The number of rotatable bonds is 2. The molecule has 0 spiro atoms. The molecule has 2 nitrogen and oxygen atoms in total. The molecular formula is C12H21NOS. The number of Topliss-reactive ketones (excluding diaryl/α,β-unsaturated/α-hetero) is 1. The molecule has 2 fully saturated rings. The molecule has 2 aliphatic rings. The minimum absolute atomic E-state index is 0.491. The molecule has 0 aromatic carbocycles. The maximum atomic E-state index is 11.4. The smallest absolute Gasteiger partial charge is 0.133 e. The molecule has 3 heteroatoms. The number of nitrogens with zero attached hydrogens (tertiary/aromatic N) is 1. The Kier molecular flexibility index (Phi) is 4.09. The molecule has 0 aromatic rings. The molecule has 15 heavy (non-hydrogen) atoms. The van der Waals surface area contributed by atoms with Crippen molar-refractivity contribution in [3.8, 4) is 0 Å². The van der Waals surface area contributed by atoms with Crippen molar-refractivity contribution in [3.63, 3.8) is 0 Å². The Morgan fingerprint density at radius 1 is 1.53 bits per heavy atom. The molecule has 0 amide bonds. The highest BCUT2D eigenvalue weighted by atomic mass is 32.2. The Labute approximate surface area is 96.8 Å². The van der Waals surface area contributed by atoms with Crippen molar-refractivity contribution >= 4 is 17.5 Å². The van der Waals surface area contributed by atoms with Gasteiger partial charge in [0.2, 0.25) is 0 Å². The second kappa shape index (κ2) is 5.35. The maximum Gasteiger partial charge on any atom is 0.133 e. The van der Waals surface area contributed by atoms with Gasteiger partial charge in [0.05, 0.1) is 0 Å². The average Bonchev–Trinajstić information content (AvgIpc) is 2.22. The zero-order valence-electron chi connectivity index (χ0n) is 9.58. The van der Waals surface area contributed by atoms with E-state index < -0.39 is 0 Å². The number of thioether (sulfide) groups is 1. The standard InChI is InChI=1S/C12H21NOS/c1-10-9-15-6-5-13(10)8-11-3-2-4-12(14)7-11/h10-11H,2-9H2,1H3. The van der Waals surface area contributed by atoms with E-state index in [2.05, 4.69) is 23.6 Å². The number of hydrogen-bond donors (Lipinski definition) is 0. The predicted molar refractivity (Wildman–Crippen MR) is 65.3 cm³/mol. The molecule has 1 saturated carbocycles. The van der Waals surface area contributed by atoms with Crippen LogP contribution < -0.4 is 0 Å². The monoisotopic (exact) mass is 227 g/mol. The minimum Gasteiger partial charge on any atom is -0.300 e. The molecule has 0 radical (unpaired) electrons. The van der Waals surface area contributed by atoms with Gasteiger partial charge >= 0.3 is 0 Å². The highest BCUT2D eigenvalue weighted by Crippen LogP contribution is 2.25. The normalized spacial score (nSPS) is 34.3. The van der Waals surface area contributed by atoms with E-state index in [-0.39, 0.29) is 0 Å². The van der Waals surface area contributed by atoms with Gasteiger partial charge in [-0.15, -0.1) is 0 Å². The Bertz CT molecular complexity index is 232. The molecule has 2 unspecified atom stereocenters. The zero-order chi connectivity index (χ0) is 10.7. The lowest BCUT2D eigenvalue weighted by molar-refractivity contribution is -0.121. The van der Waals surface area contributed by atoms with Crippen LogP contribution in [-0.2, 0) is 4.79 Å². The van der Waals surface area contributed by atoms with Gasteiger partial charge in [0.1, 0.15) is 5.78 Å². The van der Waals surface area contributed by atoms with Gasteiger partial charge in [0, 0.05) is 43.5 Å². The summed E-state index contributed by atoms with van der Waals surface area (Å²) in [6.07, 6.45) is 4.07. The number of carbonyl (C=O) groups is 1. The predicted octanol–water partition coefficient (Wildman–Crippen LogP) is 2.18. The molecule has 1 aliphatic carbocycles. The highest BCUT2D eigenvalue weighted by Gasteiger charge is 2.25. The van der Waals surface area contributed by atoms with Crippen LogP contribution in [0, 0.1) is 5.92 Å². The first-order valence-corrected chi connectivity index (χ1v) is 7.24. The Hall–Kier alpha value is -0.0200. The van der Waals surface area contributed by atoms with Gasteiger partial charge in [-0.3, -0.25) is 9.69 Å². The van der Waals surface area contributed by atoms with E-state index in [9.17, 15) is 4.79 Å². The van der Waals surface area contributed by atoms with Crippen LogP contribution in [0.4, 0.5) is 0 Å². The van der Waals surface area contributed by atoms with Gasteiger partial charge < -0.3 is 0 Å². The summed E-state index contributed by atoms with van der Waals surface area (Å²) in [5, 5.41) is 0. The van der Waals surface area contributed by atoms with Crippen molar-refractivity contribution < 1.29 is 4.79 Å². The first-order valence-electron chi connectivity index (χ1n) is 6.09. The molecule has 86 valence electrons. The Morgan fingerprint density at radius 2 is 2.40 bits per heavy atom. The second-order valence-electron chi connectivity index (χ2n) is 4.92. The van der Waals surface area contributed by atoms with Gasteiger partial charge in [-0.2, -0.15) is 11.8 Å². The van der Waals surface area contributed by atoms with E-state index in [4.69, 9.17) is 0 Å². The van der Waals surface area contributed by atoms with Crippen molar-refractivity contribution in [1.29, 1.82) is 0 Å². The molecule has 0 aromatic heterocycles. The third-order valence-corrected chi connectivity index (χ3v) is 4.77. The molecule has 2 rings (SSSR count). The van der Waals surface area contributed by atoms with E-state index in [0.717, 1.165) is 25.8 Å². The van der Waals surface area contributed by atoms with E-state index >= 15 is 0 Å². The Balaban J connectivity index is 1.81. The van der Waals surface area contributed by atoms with Crippen molar-refractivity contribution in [2.45, 2.75) is 38.6 Å². The second-order valence-corrected chi connectivity index (χ2v) is 6.07. The lowest BCUT2D eigenvalue weighted by Gasteiger charge is -2.36. The zero-order valence-corrected chi connectivity index (χ0v) is 10.4. The van der Waals surface area contributed by atoms with Crippen LogP contribution >= 0.6 is 11.8 Å². The van der Waals surface area contributed by atoms with Crippen LogP contribution in [-0.4, -0.2) is 41.3 Å². The fraction of sp³-hybridized carbons (Fsp3) is 0.917. The van der Waals surface area contributed by atoms with Crippen LogP contribution in [0.1, 0.15) is 32.6 Å². The number of hydrogen-bond acceptors (Lipinski definition) is 3. The van der Waals surface area contributed by atoms with Crippen LogP contribution in [0.2, 0.25) is 0 Å². The van der Waals surface area contributed by atoms with Crippen LogP contribution in [0.5, 0.6) is 0 Å². The summed E-state index contributed by atoms with van der Waals surface area (Å²) >= 11 is 2.06. The summed E-state index contributed by atoms with van der Waals surface area (Å²) in [6.45, 7) is 4.70. The fourth-order valence-corrected chi connectivity index (χ4v) is 3.72. The summed E-state index contributed by atoms with van der Waals surface area (Å²) in [4.78, 5) is 14.0. The molecular weight excluding hydrogens is 206 g/mol. The average molecular weight is 227 g/mol. The summed E-state index contributed by atoms with van der Waals surface area (Å²) in [6, 6.07) is 0.709. The quantitative estimate of drug-likeness (QED) is 0.721. The van der Waals surface area contributed by atoms with Crippen LogP contribution in [0.3, 0.4) is 0 Å². The van der Waals surface area contributed by atoms with E-state index in [1.54, 1.807) is 0 Å². The molecule has 1 saturated heterocycles. The number of ketones is 1. The Morgan fingerprint density at radius 3 is 3.13 bits per heavy atom. The molecule has 1 aliphatic heterocycles. The largest absolute Gasteiger partial charge is 0.300 e. The third kappa shape index (κ3) is 3.22. The maximum absolute atomic E-state index is 11.4. The summed E-state index contributed by atoms with van der Waals surface area (Å²) in [7, 11) is 0. The summed E-state index contributed by atoms with van der Waals surface area (Å²) in [5.74, 6) is 3.67. The lowest BCUT2D eigenvalue weighted by Crippen LogP contribution is -2.43. The summed E-state index contributed by atoms with van der Waals surface area (Å²) < 4.78 is 0. The topological polar surface area (TPSA) is 20.3 Å². The third-order valence-electron chi connectivity index (χ3n) is 3.58. The molecule has 0 bridgehead atoms. The van der Waals surface area contributed by atoms with E-state index in [1.807, 2.05) is 0 Å². The van der Waals surface area contributed by atoms with Crippen molar-refractivity contribution in [2.75, 3.05) is 24.6 Å². The van der Waals surface area contributed by atoms with Gasteiger partial charge in [-0.05, 0) is 25.7 Å². The van der Waals surface area contributed by atoms with Gasteiger partial charge in [0.25, 0.3) is 0 Å². The van der Waals surface area contributed by atoms with E-state index in [1.165, 1.54) is 24.5 Å². The van der Waals surface area contributed by atoms with Gasteiger partial charge in [-0.25, -0.2) is 0 Å². The van der Waals surface area contributed by atoms with Gasteiger partial charge in [0.15, 0.2) is 0 Å². The molecule has 2 atom stereocenters. The van der Waals surface area contributed by atoms with Crippen molar-refractivity contribution in [1.82, 2.24) is 4.90 Å². The molecule has 1 heterocycles. The van der Waals surface area contributed by atoms with Crippen molar-refractivity contribution in [2.24, 2.45) is 5.92 Å². The first kappa shape index (κ1) is 11.5. The highest BCUT2D eigenvalue weighted by molar-refractivity contribution is 7.99. The SMILES string of the molecule is CC1CSCCN1CC1CCCC(=O)C1. The lowest BCUT2D eigenvalue weighted by atomic mass is 9.88. The van der Waals surface area contributed by atoms with Crippen molar-refractivity contribution in [3.05, 3.63) is 0 Å². The van der Waals surface area contributed by atoms with E-state index in [0.29, 0.717) is 17.7 Å². The minimum atomic E-state index is 0.491. The number of carbonyl (C=O) groups excluding carboxylic acids is 1. The first-order chi connectivity index (χ1) is 7.25. The molecule has 0 N–H and O–H groups in total. The van der Waals surface area contributed by atoms with Crippen LogP contribution in [0.15, 0.2) is 0 Å². The van der Waals surface area contributed by atoms with Crippen LogP contribution in [0.25, 0.3) is 0 Å². The fourth-order valence-electron chi connectivity index (χ4n) is 2.63.